The summed E-state index contributed by atoms with van der Waals surface area (Å²) in [6.45, 7) is 0.769. The van der Waals surface area contributed by atoms with E-state index in [4.69, 9.17) is 11.6 Å². The van der Waals surface area contributed by atoms with Gasteiger partial charge >= 0.3 is 0 Å². The summed E-state index contributed by atoms with van der Waals surface area (Å²) >= 11 is 8.16. The Labute approximate surface area is 136 Å². The van der Waals surface area contributed by atoms with E-state index in [-0.39, 0.29) is 11.9 Å². The Morgan fingerprint density at radius 3 is 3.10 bits per heavy atom. The molecule has 2 aromatic rings. The van der Waals surface area contributed by atoms with E-state index in [9.17, 15) is 4.79 Å². The van der Waals surface area contributed by atoms with Crippen LogP contribution in [0.3, 0.4) is 0 Å². The second kappa shape index (κ2) is 5.89. The number of nitrogens with zero attached hydrogens (tertiary/aromatic N) is 2. The normalized spacial score (nSPS) is 19.3. The second-order valence-corrected chi connectivity index (χ2v) is 6.54. The van der Waals surface area contributed by atoms with Gasteiger partial charge in [0.15, 0.2) is 0 Å². The molecule has 106 valence electrons. The number of alkyl halides is 1. The number of hydrogen-bond acceptors (Lipinski definition) is 2. The highest BCUT2D eigenvalue weighted by Crippen LogP contribution is 2.27. The third-order valence-corrected chi connectivity index (χ3v) is 4.47. The molecule has 1 atom stereocenters. The molecular formula is C14H15ClIN3O. The summed E-state index contributed by atoms with van der Waals surface area (Å²) in [5.41, 5.74) is 1.96. The zero-order chi connectivity index (χ0) is 14.1. The maximum Gasteiger partial charge on any atom is 0.243 e. The summed E-state index contributed by atoms with van der Waals surface area (Å²) in [5.74, 6) is 1.50. The van der Waals surface area contributed by atoms with Crippen LogP contribution in [0.15, 0.2) is 18.2 Å². The molecule has 2 heterocycles. The van der Waals surface area contributed by atoms with Crippen LogP contribution in [0.25, 0.3) is 11.0 Å². The predicted octanol–water partition coefficient (Wildman–Crippen LogP) is 2.87. The molecule has 1 N–H and O–H groups in total. The van der Waals surface area contributed by atoms with Gasteiger partial charge in [-0.2, -0.15) is 0 Å². The van der Waals surface area contributed by atoms with Crippen LogP contribution < -0.4 is 5.32 Å². The van der Waals surface area contributed by atoms with Gasteiger partial charge in [-0.3, -0.25) is 4.79 Å². The number of carbonyl (C=O) groups excluding carboxylic acids is 1. The molecule has 0 spiro atoms. The van der Waals surface area contributed by atoms with Gasteiger partial charge in [0.25, 0.3) is 0 Å². The molecule has 1 aliphatic heterocycles. The minimum Gasteiger partial charge on any atom is -0.354 e. The van der Waals surface area contributed by atoms with E-state index in [0.717, 1.165) is 39.8 Å². The zero-order valence-corrected chi connectivity index (χ0v) is 13.8. The van der Waals surface area contributed by atoms with Crippen LogP contribution in [0, 0.1) is 3.57 Å². The zero-order valence-electron chi connectivity index (χ0n) is 10.9. The number of piperidine rings is 1. The minimum absolute atomic E-state index is 0.0879. The molecule has 1 aromatic heterocycles. The SMILES string of the molecule is O=C1NCCCC1n1c(CCCl)nc2cc(I)ccc21. The van der Waals surface area contributed by atoms with E-state index in [1.54, 1.807) is 0 Å². The number of carbonyl (C=O) groups is 1. The fourth-order valence-corrected chi connectivity index (χ4v) is 3.38. The average Bonchev–Trinajstić information content (AvgIpc) is 2.77. The van der Waals surface area contributed by atoms with Gasteiger partial charge in [-0.05, 0) is 53.6 Å². The van der Waals surface area contributed by atoms with E-state index in [1.165, 1.54) is 0 Å². The van der Waals surface area contributed by atoms with Crippen molar-refractivity contribution in [3.8, 4) is 0 Å². The fourth-order valence-electron chi connectivity index (χ4n) is 2.73. The van der Waals surface area contributed by atoms with Crippen LogP contribution in [0.5, 0.6) is 0 Å². The maximum absolute atomic E-state index is 12.2. The van der Waals surface area contributed by atoms with Gasteiger partial charge in [0.05, 0.1) is 11.0 Å². The van der Waals surface area contributed by atoms with Crippen molar-refractivity contribution < 1.29 is 4.79 Å². The first-order valence-corrected chi connectivity index (χ1v) is 8.32. The predicted molar refractivity (Wildman–Crippen MR) is 88.2 cm³/mol. The van der Waals surface area contributed by atoms with E-state index < -0.39 is 0 Å². The number of nitrogens with one attached hydrogen (secondary N) is 1. The quantitative estimate of drug-likeness (QED) is 0.633. The number of rotatable bonds is 3. The first-order valence-electron chi connectivity index (χ1n) is 6.71. The molecule has 1 fully saturated rings. The Morgan fingerprint density at radius 1 is 1.50 bits per heavy atom. The number of amides is 1. The molecular weight excluding hydrogens is 389 g/mol. The number of halogens is 2. The van der Waals surface area contributed by atoms with Crippen molar-refractivity contribution in [2.45, 2.75) is 25.3 Å². The van der Waals surface area contributed by atoms with Crippen molar-refractivity contribution in [3.05, 3.63) is 27.6 Å². The molecule has 0 bridgehead atoms. The van der Waals surface area contributed by atoms with Gasteiger partial charge in [-0.25, -0.2) is 4.98 Å². The molecule has 4 nitrogen and oxygen atoms in total. The Balaban J connectivity index is 2.15. The Kier molecular flexibility index (Phi) is 4.16. The molecule has 1 aliphatic rings. The number of benzene rings is 1. The van der Waals surface area contributed by atoms with Crippen molar-refractivity contribution in [2.24, 2.45) is 0 Å². The molecule has 0 aliphatic carbocycles. The highest BCUT2D eigenvalue weighted by atomic mass is 127. The largest absolute Gasteiger partial charge is 0.354 e. The van der Waals surface area contributed by atoms with Crippen LogP contribution in [-0.4, -0.2) is 27.9 Å². The Hall–Kier alpha value is -0.820. The monoisotopic (exact) mass is 403 g/mol. The van der Waals surface area contributed by atoms with Gasteiger partial charge in [0.1, 0.15) is 11.9 Å². The summed E-state index contributed by atoms with van der Waals surface area (Å²) in [6, 6.07) is 5.98. The molecule has 6 heteroatoms. The number of imidazole rings is 1. The highest BCUT2D eigenvalue weighted by molar-refractivity contribution is 14.1. The highest BCUT2D eigenvalue weighted by Gasteiger charge is 2.27. The number of aryl methyl sites for hydroxylation is 1. The van der Waals surface area contributed by atoms with Gasteiger partial charge in [0, 0.05) is 22.4 Å². The first-order chi connectivity index (χ1) is 9.70. The van der Waals surface area contributed by atoms with Crippen LogP contribution in [0.1, 0.15) is 24.7 Å². The second-order valence-electron chi connectivity index (χ2n) is 4.92. The Morgan fingerprint density at radius 2 is 2.35 bits per heavy atom. The summed E-state index contributed by atoms with van der Waals surface area (Å²) in [4.78, 5) is 16.8. The molecule has 0 radical (unpaired) electrons. The summed E-state index contributed by atoms with van der Waals surface area (Å²) in [5, 5.41) is 2.94. The van der Waals surface area contributed by atoms with E-state index in [0.29, 0.717) is 12.3 Å². The molecule has 20 heavy (non-hydrogen) atoms. The fraction of sp³-hybridized carbons (Fsp3) is 0.429. The number of hydrogen-bond donors (Lipinski definition) is 1. The lowest BCUT2D eigenvalue weighted by molar-refractivity contribution is -0.125. The third-order valence-electron chi connectivity index (χ3n) is 3.61. The van der Waals surface area contributed by atoms with Crippen molar-refractivity contribution in [1.82, 2.24) is 14.9 Å². The van der Waals surface area contributed by atoms with E-state index in [2.05, 4.69) is 37.5 Å². The minimum atomic E-state index is -0.160. The van der Waals surface area contributed by atoms with Crippen molar-refractivity contribution in [2.75, 3.05) is 12.4 Å². The van der Waals surface area contributed by atoms with E-state index >= 15 is 0 Å². The topological polar surface area (TPSA) is 46.9 Å². The smallest absolute Gasteiger partial charge is 0.243 e. The molecule has 1 amide bonds. The summed E-state index contributed by atoms with van der Waals surface area (Å²) in [7, 11) is 0. The summed E-state index contributed by atoms with van der Waals surface area (Å²) < 4.78 is 3.22. The standard InChI is InChI=1S/C14H15ClIN3O/c15-6-5-13-18-10-8-9(16)3-4-11(10)19(13)12-2-1-7-17-14(12)20/h3-4,8,12H,1-2,5-7H2,(H,17,20). The molecule has 1 aromatic carbocycles. The molecule has 3 rings (SSSR count). The Bertz CT molecular complexity index is 655. The summed E-state index contributed by atoms with van der Waals surface area (Å²) in [6.07, 6.45) is 2.54. The molecule has 1 unspecified atom stereocenters. The van der Waals surface area contributed by atoms with Crippen molar-refractivity contribution in [1.29, 1.82) is 0 Å². The first kappa shape index (κ1) is 14.1. The maximum atomic E-state index is 12.2. The van der Waals surface area contributed by atoms with Crippen LogP contribution >= 0.6 is 34.2 Å². The molecule has 0 saturated carbocycles. The van der Waals surface area contributed by atoms with Gasteiger partial charge < -0.3 is 9.88 Å². The number of aromatic nitrogens is 2. The van der Waals surface area contributed by atoms with Crippen molar-refractivity contribution >= 4 is 51.1 Å². The number of fused-ring (bicyclic) bond motifs is 1. The van der Waals surface area contributed by atoms with Gasteiger partial charge in [-0.1, -0.05) is 0 Å². The third kappa shape index (κ3) is 2.53. The lowest BCUT2D eigenvalue weighted by atomic mass is 10.1. The van der Waals surface area contributed by atoms with Gasteiger partial charge in [-0.15, -0.1) is 11.6 Å². The van der Waals surface area contributed by atoms with Crippen LogP contribution in [0.2, 0.25) is 0 Å². The van der Waals surface area contributed by atoms with Crippen molar-refractivity contribution in [3.63, 3.8) is 0 Å². The van der Waals surface area contributed by atoms with Gasteiger partial charge in [0.2, 0.25) is 5.91 Å². The molecule has 1 saturated heterocycles. The van der Waals surface area contributed by atoms with Crippen LogP contribution in [0.4, 0.5) is 0 Å². The van der Waals surface area contributed by atoms with Crippen LogP contribution in [-0.2, 0) is 11.2 Å². The lowest BCUT2D eigenvalue weighted by Crippen LogP contribution is -2.38. The lowest BCUT2D eigenvalue weighted by Gasteiger charge is -2.25. The average molecular weight is 404 g/mol. The van der Waals surface area contributed by atoms with E-state index in [1.807, 2.05) is 18.2 Å².